The molecule has 0 aliphatic heterocycles. The van der Waals surface area contributed by atoms with Gasteiger partial charge in [-0.05, 0) is 70.6 Å². The van der Waals surface area contributed by atoms with E-state index in [-0.39, 0.29) is 10.8 Å². The van der Waals surface area contributed by atoms with Crippen molar-refractivity contribution in [2.24, 2.45) is 10.8 Å². The summed E-state index contributed by atoms with van der Waals surface area (Å²) in [5.41, 5.74) is 0.0341. The Morgan fingerprint density at radius 2 is 0.865 bits per heavy atom. The molecule has 0 aromatic heterocycles. The predicted octanol–water partition coefficient (Wildman–Crippen LogP) is 10.1. The molecule has 0 atom stereocenters. The number of Topliss-reactive ketones (excluding diaryl/α,β-unsaturated/α-hetero) is 1. The van der Waals surface area contributed by atoms with Crippen LogP contribution in [0, 0.1) is 10.8 Å². The lowest BCUT2D eigenvalue weighted by atomic mass is 9.44. The van der Waals surface area contributed by atoms with Gasteiger partial charge in [-0.1, -0.05) is 104 Å². The Balaban J connectivity index is 1.19. The van der Waals surface area contributed by atoms with E-state index < -0.39 is 0 Å². The lowest BCUT2D eigenvalue weighted by molar-refractivity contribution is -0.173. The summed E-state index contributed by atoms with van der Waals surface area (Å²) in [4.78, 5) is 13.5. The lowest BCUT2D eigenvalue weighted by Crippen LogP contribution is -2.60. The summed E-state index contributed by atoms with van der Waals surface area (Å²) in [5.74, 6) is 0.628. The Labute approximate surface area is 230 Å². The van der Waals surface area contributed by atoms with E-state index in [9.17, 15) is 4.79 Å². The van der Waals surface area contributed by atoms with Crippen molar-refractivity contribution in [3.05, 3.63) is 0 Å². The van der Waals surface area contributed by atoms with Crippen LogP contribution < -0.4 is 0 Å². The number of carbonyl (C=O) groups is 1. The van der Waals surface area contributed by atoms with Crippen LogP contribution in [0.4, 0.5) is 0 Å². The Morgan fingerprint density at radius 1 is 0.541 bits per heavy atom. The van der Waals surface area contributed by atoms with Crippen LogP contribution in [0.3, 0.4) is 0 Å². The zero-order valence-electron chi connectivity index (χ0n) is 25.0. The van der Waals surface area contributed by atoms with E-state index in [4.69, 9.17) is 9.47 Å². The molecule has 0 heterocycles. The van der Waals surface area contributed by atoms with Crippen LogP contribution >= 0.6 is 0 Å². The monoisotopic (exact) mass is 518 g/mol. The maximum Gasteiger partial charge on any atom is 0.145 e. The van der Waals surface area contributed by atoms with Gasteiger partial charge in [0.05, 0.1) is 12.2 Å². The van der Waals surface area contributed by atoms with Gasteiger partial charge in [-0.2, -0.15) is 0 Å². The highest BCUT2D eigenvalue weighted by Crippen LogP contribution is 2.63. The normalized spacial score (nSPS) is 29.7. The fraction of sp³-hybridized carbons (Fsp3) is 0.971. The van der Waals surface area contributed by atoms with Crippen LogP contribution in [-0.2, 0) is 14.3 Å². The maximum atomic E-state index is 13.5. The van der Waals surface area contributed by atoms with Crippen molar-refractivity contribution in [2.45, 2.75) is 187 Å². The second-order valence-corrected chi connectivity index (χ2v) is 13.2. The Hall–Kier alpha value is -0.410. The summed E-state index contributed by atoms with van der Waals surface area (Å²) in [6, 6.07) is 0. The zero-order chi connectivity index (χ0) is 26.2. The molecule has 0 amide bonds. The maximum absolute atomic E-state index is 13.5. The van der Waals surface area contributed by atoms with Crippen LogP contribution in [0.2, 0.25) is 0 Å². The number of ether oxygens (including phenoxy) is 2. The third-order valence-corrected chi connectivity index (χ3v) is 10.1. The molecule has 0 aromatic rings. The fourth-order valence-corrected chi connectivity index (χ4v) is 7.66. The van der Waals surface area contributed by atoms with Gasteiger partial charge in [0, 0.05) is 24.0 Å². The smallest absolute Gasteiger partial charge is 0.145 e. The molecule has 37 heavy (non-hydrogen) atoms. The molecule has 3 aliphatic rings. The number of rotatable bonds is 20. The Kier molecular flexibility index (Phi) is 14.6. The molecule has 3 heteroatoms. The standard InChI is InChI=1S/C34H62O3/c1-3-5-7-9-11-13-15-17-27-36-30-19-23-33(24-20-30)29-34(32(33)35)25-21-31(22-26-34)37-28-18-16-14-12-10-8-6-4-2/h30-31H,3-29H2,1-2H3. The average molecular weight is 519 g/mol. The molecule has 3 aliphatic carbocycles. The molecule has 0 unspecified atom stereocenters. The number of hydrogen-bond donors (Lipinski definition) is 0. The van der Waals surface area contributed by atoms with Crippen LogP contribution in [0.5, 0.6) is 0 Å². The lowest BCUT2D eigenvalue weighted by Gasteiger charge is -2.59. The zero-order valence-corrected chi connectivity index (χ0v) is 25.0. The van der Waals surface area contributed by atoms with Gasteiger partial charge in [-0.15, -0.1) is 0 Å². The summed E-state index contributed by atoms with van der Waals surface area (Å²) in [7, 11) is 0. The second kappa shape index (κ2) is 17.3. The topological polar surface area (TPSA) is 35.5 Å². The molecule has 2 spiro atoms. The van der Waals surface area contributed by atoms with E-state index in [1.807, 2.05) is 0 Å². The van der Waals surface area contributed by atoms with E-state index in [1.165, 1.54) is 103 Å². The minimum absolute atomic E-state index is 0.0170. The quantitative estimate of drug-likeness (QED) is 0.150. The summed E-state index contributed by atoms with van der Waals surface area (Å²) in [6.45, 7) is 6.40. The van der Waals surface area contributed by atoms with E-state index >= 15 is 0 Å². The van der Waals surface area contributed by atoms with Gasteiger partial charge < -0.3 is 9.47 Å². The van der Waals surface area contributed by atoms with Crippen molar-refractivity contribution in [1.29, 1.82) is 0 Å². The SMILES string of the molecule is CCCCCCCCCCOC1CCC2(CC1)CC1(CCC(OCCCCCCCCCC)CC1)C2=O. The first-order valence-electron chi connectivity index (χ1n) is 16.9. The molecule has 0 radical (unpaired) electrons. The van der Waals surface area contributed by atoms with Crippen molar-refractivity contribution in [2.75, 3.05) is 13.2 Å². The Morgan fingerprint density at radius 3 is 1.19 bits per heavy atom. The van der Waals surface area contributed by atoms with E-state index in [2.05, 4.69) is 13.8 Å². The molecular weight excluding hydrogens is 456 g/mol. The van der Waals surface area contributed by atoms with Crippen molar-refractivity contribution in [3.63, 3.8) is 0 Å². The van der Waals surface area contributed by atoms with Crippen molar-refractivity contribution >= 4 is 5.78 Å². The van der Waals surface area contributed by atoms with Gasteiger partial charge in [0.1, 0.15) is 5.78 Å². The molecular formula is C34H62O3. The first kappa shape index (κ1) is 31.1. The summed E-state index contributed by atoms with van der Waals surface area (Å²) < 4.78 is 12.5. The van der Waals surface area contributed by atoms with E-state index in [0.29, 0.717) is 18.0 Å². The molecule has 216 valence electrons. The predicted molar refractivity (Wildman–Crippen MR) is 156 cm³/mol. The highest BCUT2D eigenvalue weighted by Gasteiger charge is 2.63. The minimum Gasteiger partial charge on any atom is -0.378 e. The van der Waals surface area contributed by atoms with E-state index in [0.717, 1.165) is 71.0 Å². The largest absolute Gasteiger partial charge is 0.378 e. The third-order valence-electron chi connectivity index (χ3n) is 10.1. The van der Waals surface area contributed by atoms with Gasteiger partial charge >= 0.3 is 0 Å². The second-order valence-electron chi connectivity index (χ2n) is 13.2. The van der Waals surface area contributed by atoms with Gasteiger partial charge in [0.25, 0.3) is 0 Å². The summed E-state index contributed by atoms with van der Waals surface area (Å²) in [6.07, 6.45) is 32.3. The van der Waals surface area contributed by atoms with Gasteiger partial charge in [0.2, 0.25) is 0 Å². The van der Waals surface area contributed by atoms with Crippen LogP contribution in [0.25, 0.3) is 0 Å². The van der Waals surface area contributed by atoms with Crippen molar-refractivity contribution < 1.29 is 14.3 Å². The van der Waals surface area contributed by atoms with Crippen molar-refractivity contribution in [3.8, 4) is 0 Å². The molecule has 3 nitrogen and oxygen atoms in total. The fourth-order valence-electron chi connectivity index (χ4n) is 7.66. The summed E-state index contributed by atoms with van der Waals surface area (Å²) in [5, 5.41) is 0. The molecule has 3 saturated carbocycles. The minimum atomic E-state index is 0.0170. The number of ketones is 1. The number of carbonyl (C=O) groups excluding carboxylic acids is 1. The molecule has 0 bridgehead atoms. The molecule has 0 aromatic carbocycles. The van der Waals surface area contributed by atoms with Crippen LogP contribution in [0.15, 0.2) is 0 Å². The summed E-state index contributed by atoms with van der Waals surface area (Å²) >= 11 is 0. The first-order chi connectivity index (χ1) is 18.1. The van der Waals surface area contributed by atoms with Crippen LogP contribution in [0.1, 0.15) is 174 Å². The van der Waals surface area contributed by atoms with Gasteiger partial charge in [0.15, 0.2) is 0 Å². The number of hydrogen-bond acceptors (Lipinski definition) is 3. The third kappa shape index (κ3) is 9.93. The molecule has 0 N–H and O–H groups in total. The number of unbranched alkanes of at least 4 members (excludes halogenated alkanes) is 14. The first-order valence-corrected chi connectivity index (χ1v) is 16.9. The van der Waals surface area contributed by atoms with Gasteiger partial charge in [-0.25, -0.2) is 0 Å². The van der Waals surface area contributed by atoms with E-state index in [1.54, 1.807) is 0 Å². The molecule has 0 saturated heterocycles. The molecule has 3 fully saturated rings. The highest BCUT2D eigenvalue weighted by atomic mass is 16.5. The average Bonchev–Trinajstić information content (AvgIpc) is 2.93. The molecule has 3 rings (SSSR count). The van der Waals surface area contributed by atoms with Crippen LogP contribution in [-0.4, -0.2) is 31.2 Å². The Bertz CT molecular complexity index is 548. The van der Waals surface area contributed by atoms with Gasteiger partial charge in [-0.3, -0.25) is 4.79 Å². The highest BCUT2D eigenvalue weighted by molar-refractivity contribution is 5.96. The van der Waals surface area contributed by atoms with Crippen molar-refractivity contribution in [1.82, 2.24) is 0 Å².